The Kier molecular flexibility index (Phi) is 5.16. The van der Waals surface area contributed by atoms with E-state index in [0.29, 0.717) is 24.4 Å². The standard InChI is InChI=1S/C14H22N2O2/c1-10(2)16(7-8-18-4)14(17)12-9-11(3)5-6-13(12)15/h5-6,9-10H,7-8,15H2,1-4H3. The monoisotopic (exact) mass is 250 g/mol. The Bertz CT molecular complexity index is 416. The molecule has 0 heterocycles. The van der Waals surface area contributed by atoms with Gasteiger partial charge in [-0.05, 0) is 32.9 Å². The molecular weight excluding hydrogens is 228 g/mol. The van der Waals surface area contributed by atoms with Crippen molar-refractivity contribution in [1.29, 1.82) is 0 Å². The predicted octanol–water partition coefficient (Wildman–Crippen LogP) is 2.07. The Balaban J connectivity index is 2.98. The number of aryl methyl sites for hydroxylation is 1. The second-order valence-corrected chi connectivity index (χ2v) is 4.68. The van der Waals surface area contributed by atoms with Crippen LogP contribution in [0.3, 0.4) is 0 Å². The topological polar surface area (TPSA) is 55.6 Å². The summed E-state index contributed by atoms with van der Waals surface area (Å²) in [6.07, 6.45) is 0. The number of carbonyl (C=O) groups excluding carboxylic acids is 1. The van der Waals surface area contributed by atoms with Crippen molar-refractivity contribution >= 4 is 11.6 Å². The highest BCUT2D eigenvalue weighted by Crippen LogP contribution is 2.17. The van der Waals surface area contributed by atoms with Gasteiger partial charge in [0.2, 0.25) is 0 Å². The molecule has 4 nitrogen and oxygen atoms in total. The lowest BCUT2D eigenvalue weighted by Gasteiger charge is -2.27. The van der Waals surface area contributed by atoms with Crippen molar-refractivity contribution in [2.75, 3.05) is 26.0 Å². The molecule has 2 N–H and O–H groups in total. The molecule has 18 heavy (non-hydrogen) atoms. The van der Waals surface area contributed by atoms with E-state index in [-0.39, 0.29) is 11.9 Å². The number of amides is 1. The molecule has 0 saturated heterocycles. The Morgan fingerprint density at radius 3 is 2.67 bits per heavy atom. The van der Waals surface area contributed by atoms with Crippen LogP contribution >= 0.6 is 0 Å². The van der Waals surface area contributed by atoms with E-state index in [1.54, 1.807) is 18.1 Å². The number of nitrogen functional groups attached to an aromatic ring is 1. The Labute approximate surface area is 109 Å². The number of anilines is 1. The summed E-state index contributed by atoms with van der Waals surface area (Å²) >= 11 is 0. The number of hydrogen-bond donors (Lipinski definition) is 1. The van der Waals surface area contributed by atoms with Crippen LogP contribution in [0.15, 0.2) is 18.2 Å². The van der Waals surface area contributed by atoms with E-state index in [4.69, 9.17) is 10.5 Å². The van der Waals surface area contributed by atoms with Gasteiger partial charge in [-0.2, -0.15) is 0 Å². The Hall–Kier alpha value is -1.55. The minimum atomic E-state index is -0.0387. The van der Waals surface area contributed by atoms with Crippen molar-refractivity contribution in [3.8, 4) is 0 Å². The average molecular weight is 250 g/mol. The van der Waals surface area contributed by atoms with Crippen LogP contribution in [0.5, 0.6) is 0 Å². The summed E-state index contributed by atoms with van der Waals surface area (Å²) in [5, 5.41) is 0. The maximum absolute atomic E-state index is 12.5. The fourth-order valence-electron chi connectivity index (χ4n) is 1.79. The highest BCUT2D eigenvalue weighted by Gasteiger charge is 2.20. The first-order valence-corrected chi connectivity index (χ1v) is 6.13. The van der Waals surface area contributed by atoms with E-state index < -0.39 is 0 Å². The number of carbonyl (C=O) groups is 1. The van der Waals surface area contributed by atoms with Crippen LogP contribution in [-0.4, -0.2) is 37.1 Å². The lowest BCUT2D eigenvalue weighted by Crippen LogP contribution is -2.39. The van der Waals surface area contributed by atoms with Crippen LogP contribution in [-0.2, 0) is 4.74 Å². The number of nitrogens with zero attached hydrogens (tertiary/aromatic N) is 1. The van der Waals surface area contributed by atoms with Gasteiger partial charge in [-0.25, -0.2) is 0 Å². The highest BCUT2D eigenvalue weighted by atomic mass is 16.5. The number of methoxy groups -OCH3 is 1. The summed E-state index contributed by atoms with van der Waals surface area (Å²) in [4.78, 5) is 14.2. The molecule has 1 rings (SSSR count). The molecule has 0 radical (unpaired) electrons. The third-order valence-corrected chi connectivity index (χ3v) is 2.86. The molecule has 0 aliphatic heterocycles. The molecule has 0 fully saturated rings. The molecule has 0 aromatic heterocycles. The number of nitrogens with two attached hydrogens (primary N) is 1. The lowest BCUT2D eigenvalue weighted by atomic mass is 10.1. The molecule has 0 spiro atoms. The summed E-state index contributed by atoms with van der Waals surface area (Å²) in [6.45, 7) is 7.01. The van der Waals surface area contributed by atoms with Crippen LogP contribution in [0.1, 0.15) is 29.8 Å². The number of hydrogen-bond acceptors (Lipinski definition) is 3. The first kappa shape index (κ1) is 14.5. The van der Waals surface area contributed by atoms with Gasteiger partial charge >= 0.3 is 0 Å². The summed E-state index contributed by atoms with van der Waals surface area (Å²) in [6, 6.07) is 5.63. The van der Waals surface area contributed by atoms with Gasteiger partial charge in [-0.1, -0.05) is 11.6 Å². The number of benzene rings is 1. The quantitative estimate of drug-likeness (QED) is 0.814. The van der Waals surface area contributed by atoms with Crippen molar-refractivity contribution in [1.82, 2.24) is 4.90 Å². The first-order valence-electron chi connectivity index (χ1n) is 6.13. The molecule has 4 heteroatoms. The van der Waals surface area contributed by atoms with Crippen molar-refractivity contribution < 1.29 is 9.53 Å². The maximum atomic E-state index is 12.5. The van der Waals surface area contributed by atoms with Gasteiger partial charge in [0.25, 0.3) is 5.91 Å². The van der Waals surface area contributed by atoms with Gasteiger partial charge in [-0.15, -0.1) is 0 Å². The van der Waals surface area contributed by atoms with Crippen LogP contribution in [0.25, 0.3) is 0 Å². The van der Waals surface area contributed by atoms with Gasteiger partial charge in [-0.3, -0.25) is 4.79 Å². The molecule has 1 aromatic rings. The SMILES string of the molecule is COCCN(C(=O)c1cc(C)ccc1N)C(C)C. The van der Waals surface area contributed by atoms with Gasteiger partial charge < -0.3 is 15.4 Å². The van der Waals surface area contributed by atoms with Crippen LogP contribution in [0.2, 0.25) is 0 Å². The van der Waals surface area contributed by atoms with Crippen molar-refractivity contribution in [3.05, 3.63) is 29.3 Å². The van der Waals surface area contributed by atoms with E-state index in [9.17, 15) is 4.79 Å². The zero-order chi connectivity index (χ0) is 13.7. The fraction of sp³-hybridized carbons (Fsp3) is 0.500. The molecule has 0 unspecified atom stereocenters. The van der Waals surface area contributed by atoms with Gasteiger partial charge in [0.05, 0.1) is 12.2 Å². The molecule has 1 amide bonds. The molecule has 0 saturated carbocycles. The number of ether oxygens (including phenoxy) is 1. The van der Waals surface area contributed by atoms with E-state index in [1.807, 2.05) is 32.9 Å². The molecule has 0 atom stereocenters. The first-order chi connectivity index (χ1) is 8.47. The molecular formula is C14H22N2O2. The third kappa shape index (κ3) is 3.47. The predicted molar refractivity (Wildman–Crippen MR) is 73.6 cm³/mol. The third-order valence-electron chi connectivity index (χ3n) is 2.86. The minimum absolute atomic E-state index is 0.0387. The van der Waals surface area contributed by atoms with E-state index in [2.05, 4.69) is 0 Å². The zero-order valence-corrected chi connectivity index (χ0v) is 11.6. The molecule has 1 aromatic carbocycles. The van der Waals surface area contributed by atoms with E-state index >= 15 is 0 Å². The zero-order valence-electron chi connectivity index (χ0n) is 11.6. The van der Waals surface area contributed by atoms with Crippen LogP contribution in [0.4, 0.5) is 5.69 Å². The molecule has 0 aliphatic carbocycles. The van der Waals surface area contributed by atoms with Gasteiger partial charge in [0, 0.05) is 25.4 Å². The average Bonchev–Trinajstić information content (AvgIpc) is 2.32. The second-order valence-electron chi connectivity index (χ2n) is 4.68. The van der Waals surface area contributed by atoms with Crippen LogP contribution < -0.4 is 5.73 Å². The normalized spacial score (nSPS) is 10.7. The van der Waals surface area contributed by atoms with E-state index in [1.165, 1.54) is 0 Å². The Morgan fingerprint density at radius 2 is 2.11 bits per heavy atom. The minimum Gasteiger partial charge on any atom is -0.398 e. The molecule has 0 aliphatic rings. The Morgan fingerprint density at radius 1 is 1.44 bits per heavy atom. The summed E-state index contributed by atoms with van der Waals surface area (Å²) < 4.78 is 5.04. The van der Waals surface area contributed by atoms with Crippen molar-refractivity contribution in [2.24, 2.45) is 0 Å². The van der Waals surface area contributed by atoms with Crippen molar-refractivity contribution in [2.45, 2.75) is 26.8 Å². The summed E-state index contributed by atoms with van der Waals surface area (Å²) in [7, 11) is 1.63. The highest BCUT2D eigenvalue weighted by molar-refractivity contribution is 5.99. The molecule has 100 valence electrons. The van der Waals surface area contributed by atoms with Gasteiger partial charge in [0.1, 0.15) is 0 Å². The van der Waals surface area contributed by atoms with Crippen LogP contribution in [0, 0.1) is 6.92 Å². The summed E-state index contributed by atoms with van der Waals surface area (Å²) in [5.74, 6) is -0.0387. The molecule has 0 bridgehead atoms. The maximum Gasteiger partial charge on any atom is 0.256 e. The smallest absolute Gasteiger partial charge is 0.256 e. The largest absolute Gasteiger partial charge is 0.398 e. The summed E-state index contributed by atoms with van der Waals surface area (Å²) in [5.41, 5.74) is 8.00. The number of rotatable bonds is 5. The fourth-order valence-corrected chi connectivity index (χ4v) is 1.79. The van der Waals surface area contributed by atoms with E-state index in [0.717, 1.165) is 5.56 Å². The second kappa shape index (κ2) is 6.40. The van der Waals surface area contributed by atoms with Crippen molar-refractivity contribution in [3.63, 3.8) is 0 Å². The van der Waals surface area contributed by atoms with Gasteiger partial charge in [0.15, 0.2) is 0 Å². The lowest BCUT2D eigenvalue weighted by molar-refractivity contribution is 0.0636.